The summed E-state index contributed by atoms with van der Waals surface area (Å²) in [5.41, 5.74) is 2.33. The molecule has 1 saturated heterocycles. The van der Waals surface area contributed by atoms with E-state index < -0.39 is 5.82 Å². The highest BCUT2D eigenvalue weighted by Gasteiger charge is 2.24. The van der Waals surface area contributed by atoms with Gasteiger partial charge in [-0.2, -0.15) is 9.78 Å². The van der Waals surface area contributed by atoms with Gasteiger partial charge in [0.05, 0.1) is 15.9 Å². The van der Waals surface area contributed by atoms with Gasteiger partial charge in [-0.25, -0.2) is 4.39 Å². The molecule has 2 aromatic carbocycles. The Morgan fingerprint density at radius 2 is 1.73 bits per heavy atom. The zero-order valence-corrected chi connectivity index (χ0v) is 23.6. The molecular formula is C27H37ClFN7O. The third-order valence-electron chi connectivity index (χ3n) is 5.88. The number of fused-ring (bicyclic) bond motifs is 2. The Bertz CT molecular complexity index is 1390. The van der Waals surface area contributed by atoms with Crippen LogP contribution in [0.2, 0.25) is 5.02 Å². The van der Waals surface area contributed by atoms with Crippen LogP contribution in [0.25, 0.3) is 21.8 Å². The first-order chi connectivity index (χ1) is 17.7. The van der Waals surface area contributed by atoms with E-state index in [1.54, 1.807) is 24.0 Å². The molecule has 4 aromatic rings. The van der Waals surface area contributed by atoms with Crippen LogP contribution in [0.15, 0.2) is 30.5 Å². The smallest absolute Gasteiger partial charge is 0.244 e. The number of piperazine rings is 1. The molecule has 0 radical (unpaired) electrons. The number of rotatable bonds is 3. The summed E-state index contributed by atoms with van der Waals surface area (Å²) in [6, 6.07) is 7.65. The highest BCUT2D eigenvalue weighted by atomic mass is 35.5. The van der Waals surface area contributed by atoms with Gasteiger partial charge in [-0.05, 0) is 38.1 Å². The van der Waals surface area contributed by atoms with E-state index in [2.05, 4.69) is 39.6 Å². The quantitative estimate of drug-likeness (QED) is 0.321. The molecule has 0 bridgehead atoms. The minimum atomic E-state index is -0.443. The van der Waals surface area contributed by atoms with Crippen molar-refractivity contribution >= 4 is 56.5 Å². The average molecular weight is 530 g/mol. The van der Waals surface area contributed by atoms with Gasteiger partial charge in [-0.15, -0.1) is 5.10 Å². The number of aryl methyl sites for hydroxylation is 1. The van der Waals surface area contributed by atoms with Crippen LogP contribution >= 0.6 is 11.6 Å². The van der Waals surface area contributed by atoms with Crippen molar-refractivity contribution in [1.82, 2.24) is 24.9 Å². The summed E-state index contributed by atoms with van der Waals surface area (Å²) in [7, 11) is 1.74. The van der Waals surface area contributed by atoms with E-state index >= 15 is 0 Å². The Hall–Kier alpha value is -3.17. The second-order valence-corrected chi connectivity index (χ2v) is 9.21. The first-order valence-corrected chi connectivity index (χ1v) is 13.2. The number of carbonyl (C=O) groups is 1. The summed E-state index contributed by atoms with van der Waals surface area (Å²) in [5.74, 6) is -0.292. The summed E-state index contributed by atoms with van der Waals surface area (Å²) in [5, 5.41) is 17.0. The van der Waals surface area contributed by atoms with Gasteiger partial charge in [0, 0.05) is 62.1 Å². The third-order valence-corrected chi connectivity index (χ3v) is 6.18. The molecule has 2 atom stereocenters. The number of aromatic nitrogens is 4. The molecule has 10 heteroatoms. The normalized spacial score (nSPS) is 17.2. The SMILES string of the molecule is CC.CC.CC(=O)n1nc(Nc2cc(F)c3nn(C)cc3c2)c2c(Cl)cc(N3CC(C)NC(C)C3)cc21. The fourth-order valence-electron chi connectivity index (χ4n) is 4.65. The summed E-state index contributed by atoms with van der Waals surface area (Å²) >= 11 is 6.74. The van der Waals surface area contributed by atoms with Crippen molar-refractivity contribution in [3.05, 3.63) is 41.3 Å². The van der Waals surface area contributed by atoms with Gasteiger partial charge >= 0.3 is 0 Å². The molecule has 2 N–H and O–H groups in total. The van der Waals surface area contributed by atoms with Gasteiger partial charge in [0.1, 0.15) is 5.52 Å². The Kier molecular flexibility index (Phi) is 9.15. The maximum atomic E-state index is 14.6. The molecule has 3 heterocycles. The predicted octanol–water partition coefficient (Wildman–Crippen LogP) is 6.36. The number of hydrogen-bond acceptors (Lipinski definition) is 6. The number of anilines is 3. The molecule has 1 aliphatic rings. The first kappa shape index (κ1) is 28.4. The van der Waals surface area contributed by atoms with Crippen LogP contribution in [-0.4, -0.2) is 50.6 Å². The van der Waals surface area contributed by atoms with Crippen LogP contribution < -0.4 is 15.5 Å². The number of hydrogen-bond donors (Lipinski definition) is 2. The number of nitrogens with one attached hydrogen (secondary N) is 2. The molecule has 5 rings (SSSR count). The van der Waals surface area contributed by atoms with Crippen LogP contribution in [0.5, 0.6) is 0 Å². The monoisotopic (exact) mass is 529 g/mol. The summed E-state index contributed by atoms with van der Waals surface area (Å²) in [6.07, 6.45) is 1.74. The average Bonchev–Trinajstić information content (AvgIpc) is 3.41. The van der Waals surface area contributed by atoms with Crippen molar-refractivity contribution in [2.24, 2.45) is 7.05 Å². The molecular weight excluding hydrogens is 493 g/mol. The summed E-state index contributed by atoms with van der Waals surface area (Å²) in [6.45, 7) is 15.4. The van der Waals surface area contributed by atoms with E-state index in [4.69, 9.17) is 11.6 Å². The Balaban J connectivity index is 0.000000907. The molecule has 0 saturated carbocycles. The van der Waals surface area contributed by atoms with Crippen molar-refractivity contribution < 1.29 is 9.18 Å². The van der Waals surface area contributed by atoms with Crippen molar-refractivity contribution in [3.8, 4) is 0 Å². The van der Waals surface area contributed by atoms with Crippen LogP contribution in [0.1, 0.15) is 53.3 Å². The molecule has 8 nitrogen and oxygen atoms in total. The number of nitrogens with zero attached hydrogens (tertiary/aromatic N) is 5. The Labute approximate surface area is 222 Å². The van der Waals surface area contributed by atoms with Gasteiger partial charge < -0.3 is 15.5 Å². The van der Waals surface area contributed by atoms with Crippen molar-refractivity contribution in [3.63, 3.8) is 0 Å². The van der Waals surface area contributed by atoms with E-state index in [1.165, 1.54) is 17.7 Å². The third kappa shape index (κ3) is 5.88. The van der Waals surface area contributed by atoms with E-state index in [0.29, 0.717) is 50.4 Å². The van der Waals surface area contributed by atoms with E-state index in [1.807, 2.05) is 39.8 Å². The van der Waals surface area contributed by atoms with Crippen molar-refractivity contribution in [1.29, 1.82) is 0 Å². The minimum Gasteiger partial charge on any atom is -0.368 e. The highest BCUT2D eigenvalue weighted by Crippen LogP contribution is 2.37. The fraction of sp³-hybridized carbons (Fsp3) is 0.444. The lowest BCUT2D eigenvalue weighted by Gasteiger charge is -2.37. The van der Waals surface area contributed by atoms with Crippen LogP contribution in [-0.2, 0) is 7.05 Å². The number of halogens is 2. The van der Waals surface area contributed by atoms with Crippen molar-refractivity contribution in [2.45, 2.75) is 60.5 Å². The fourth-order valence-corrected chi connectivity index (χ4v) is 4.95. The van der Waals surface area contributed by atoms with E-state index in [-0.39, 0.29) is 5.91 Å². The van der Waals surface area contributed by atoms with Gasteiger partial charge in [0.25, 0.3) is 0 Å². The highest BCUT2D eigenvalue weighted by molar-refractivity contribution is 6.37. The van der Waals surface area contributed by atoms with Gasteiger partial charge in [0.15, 0.2) is 11.6 Å². The van der Waals surface area contributed by atoms with Crippen LogP contribution in [0, 0.1) is 5.82 Å². The Morgan fingerprint density at radius 1 is 1.08 bits per heavy atom. The molecule has 0 amide bonds. The van der Waals surface area contributed by atoms with Gasteiger partial charge in [0.2, 0.25) is 5.91 Å². The standard InChI is InChI=1S/C23H25ClFN7O.2C2H6/c1-12-9-31(10-13(2)26-12)17-7-18(24)21-20(8-17)32(14(3)33)29-23(21)27-16-5-15-11-30(4)28-22(15)19(25)6-16;2*1-2/h5-8,11-13,26H,9-10H2,1-4H3,(H,27,29);2*1-2H3. The molecule has 2 unspecified atom stereocenters. The second kappa shape index (κ2) is 11.9. The molecule has 200 valence electrons. The van der Waals surface area contributed by atoms with Crippen molar-refractivity contribution in [2.75, 3.05) is 23.3 Å². The summed E-state index contributed by atoms with van der Waals surface area (Å²) < 4.78 is 17.5. The van der Waals surface area contributed by atoms with E-state index in [0.717, 1.165) is 18.8 Å². The lowest BCUT2D eigenvalue weighted by Crippen LogP contribution is -2.54. The zero-order chi connectivity index (χ0) is 27.4. The van der Waals surface area contributed by atoms with Crippen LogP contribution in [0.4, 0.5) is 21.6 Å². The van der Waals surface area contributed by atoms with Gasteiger partial charge in [-0.3, -0.25) is 9.48 Å². The maximum Gasteiger partial charge on any atom is 0.244 e. The van der Waals surface area contributed by atoms with Gasteiger partial charge in [-0.1, -0.05) is 39.3 Å². The number of carbonyl (C=O) groups excluding carboxylic acids is 1. The molecule has 0 spiro atoms. The second-order valence-electron chi connectivity index (χ2n) is 8.80. The number of benzene rings is 2. The lowest BCUT2D eigenvalue weighted by molar-refractivity contribution is 0.0927. The van der Waals surface area contributed by atoms with Crippen LogP contribution in [0.3, 0.4) is 0 Å². The molecule has 1 aliphatic heterocycles. The topological polar surface area (TPSA) is 80.0 Å². The molecule has 1 fully saturated rings. The molecule has 2 aromatic heterocycles. The molecule has 0 aliphatic carbocycles. The minimum absolute atomic E-state index is 0.239. The predicted molar refractivity (Wildman–Crippen MR) is 152 cm³/mol. The maximum absolute atomic E-state index is 14.6. The first-order valence-electron chi connectivity index (χ1n) is 12.8. The Morgan fingerprint density at radius 3 is 2.35 bits per heavy atom. The molecule has 37 heavy (non-hydrogen) atoms. The largest absolute Gasteiger partial charge is 0.368 e. The zero-order valence-electron chi connectivity index (χ0n) is 22.9. The summed E-state index contributed by atoms with van der Waals surface area (Å²) in [4.78, 5) is 14.7. The lowest BCUT2D eigenvalue weighted by atomic mass is 10.1. The van der Waals surface area contributed by atoms with E-state index in [9.17, 15) is 9.18 Å².